The van der Waals surface area contributed by atoms with E-state index in [1.807, 2.05) is 0 Å². The van der Waals surface area contributed by atoms with E-state index in [9.17, 15) is 23.1 Å². The standard InChI is InChI=1S/C18H12Cl2F3N3O3/c1-26(8-9-3-2-4-11(5-9)18(21,22)23)17(28)16-24-15(25-29-16)10-6-12(19)14(27)13(20)7-10/h2-7,27H,8H2,1H3. The van der Waals surface area contributed by atoms with E-state index >= 15 is 0 Å². The van der Waals surface area contributed by atoms with Crippen LogP contribution in [0.25, 0.3) is 11.4 Å². The van der Waals surface area contributed by atoms with E-state index in [0.29, 0.717) is 5.56 Å². The molecule has 1 aromatic heterocycles. The SMILES string of the molecule is CN(Cc1cccc(C(F)(F)F)c1)C(=O)c1nc(-c2cc(Cl)c(O)c(Cl)c2)no1. The molecule has 0 spiro atoms. The molecule has 11 heteroatoms. The summed E-state index contributed by atoms with van der Waals surface area (Å²) in [7, 11) is 1.39. The number of carbonyl (C=O) groups excluding carboxylic acids is 1. The Bertz CT molecular complexity index is 1050. The highest BCUT2D eigenvalue weighted by atomic mass is 35.5. The number of aromatic hydroxyl groups is 1. The van der Waals surface area contributed by atoms with E-state index in [2.05, 4.69) is 10.1 Å². The van der Waals surface area contributed by atoms with E-state index in [1.54, 1.807) is 0 Å². The summed E-state index contributed by atoms with van der Waals surface area (Å²) in [5, 5.41) is 13.2. The van der Waals surface area contributed by atoms with Crippen LogP contribution in [0.4, 0.5) is 13.2 Å². The van der Waals surface area contributed by atoms with Crippen molar-refractivity contribution in [1.82, 2.24) is 15.0 Å². The fourth-order valence-electron chi connectivity index (χ4n) is 2.48. The Morgan fingerprint density at radius 2 is 1.86 bits per heavy atom. The van der Waals surface area contributed by atoms with E-state index < -0.39 is 17.6 Å². The molecule has 0 aliphatic carbocycles. The van der Waals surface area contributed by atoms with Gasteiger partial charge < -0.3 is 14.5 Å². The van der Waals surface area contributed by atoms with Gasteiger partial charge in [0.05, 0.1) is 15.6 Å². The van der Waals surface area contributed by atoms with Crippen molar-refractivity contribution in [3.63, 3.8) is 0 Å². The fraction of sp³-hybridized carbons (Fsp3) is 0.167. The lowest BCUT2D eigenvalue weighted by atomic mass is 10.1. The number of phenols is 1. The van der Waals surface area contributed by atoms with Gasteiger partial charge in [0.25, 0.3) is 0 Å². The third kappa shape index (κ3) is 4.63. The van der Waals surface area contributed by atoms with E-state index in [4.69, 9.17) is 27.7 Å². The maximum atomic E-state index is 12.8. The Kier molecular flexibility index (Phi) is 5.72. The minimum absolute atomic E-state index is 0.00428. The van der Waals surface area contributed by atoms with E-state index in [0.717, 1.165) is 17.0 Å². The summed E-state index contributed by atoms with van der Waals surface area (Å²) in [5.74, 6) is -1.35. The first-order valence-corrected chi connectivity index (χ1v) is 8.75. The van der Waals surface area contributed by atoms with Gasteiger partial charge in [-0.05, 0) is 29.8 Å². The van der Waals surface area contributed by atoms with Gasteiger partial charge in [0.15, 0.2) is 5.75 Å². The lowest BCUT2D eigenvalue weighted by molar-refractivity contribution is -0.137. The quantitative estimate of drug-likeness (QED) is 0.608. The minimum Gasteiger partial charge on any atom is -0.505 e. The molecule has 0 atom stereocenters. The highest BCUT2D eigenvalue weighted by molar-refractivity contribution is 6.37. The lowest BCUT2D eigenvalue weighted by Crippen LogP contribution is -2.26. The van der Waals surface area contributed by atoms with Crippen molar-refractivity contribution in [3.8, 4) is 17.1 Å². The van der Waals surface area contributed by atoms with Crippen LogP contribution < -0.4 is 0 Å². The van der Waals surface area contributed by atoms with E-state index in [1.165, 1.54) is 31.3 Å². The molecule has 0 aliphatic heterocycles. The minimum atomic E-state index is -4.48. The van der Waals surface area contributed by atoms with Gasteiger partial charge in [-0.1, -0.05) is 40.5 Å². The highest BCUT2D eigenvalue weighted by Gasteiger charge is 2.30. The van der Waals surface area contributed by atoms with Crippen LogP contribution in [-0.4, -0.2) is 33.1 Å². The van der Waals surface area contributed by atoms with Crippen molar-refractivity contribution in [2.75, 3.05) is 7.05 Å². The molecule has 2 aromatic carbocycles. The van der Waals surface area contributed by atoms with Crippen LogP contribution in [0.1, 0.15) is 21.8 Å². The average Bonchev–Trinajstić information content (AvgIpc) is 3.14. The van der Waals surface area contributed by atoms with E-state index in [-0.39, 0.29) is 39.6 Å². The van der Waals surface area contributed by atoms with Crippen LogP contribution in [0, 0.1) is 0 Å². The summed E-state index contributed by atoms with van der Waals surface area (Å²) in [4.78, 5) is 17.6. The van der Waals surface area contributed by atoms with Crippen LogP contribution in [-0.2, 0) is 12.7 Å². The van der Waals surface area contributed by atoms with Crippen LogP contribution >= 0.6 is 23.2 Å². The molecule has 0 saturated carbocycles. The molecule has 1 amide bonds. The van der Waals surface area contributed by atoms with Crippen molar-refractivity contribution in [1.29, 1.82) is 0 Å². The summed E-state index contributed by atoms with van der Waals surface area (Å²) in [6, 6.07) is 7.33. The number of amides is 1. The monoisotopic (exact) mass is 445 g/mol. The van der Waals surface area contributed by atoms with Crippen molar-refractivity contribution >= 4 is 29.1 Å². The first kappa shape index (κ1) is 20.9. The predicted molar refractivity (Wildman–Crippen MR) is 98.7 cm³/mol. The van der Waals surface area contributed by atoms with Crippen LogP contribution in [0.3, 0.4) is 0 Å². The van der Waals surface area contributed by atoms with Crippen molar-refractivity contribution in [2.24, 2.45) is 0 Å². The molecular weight excluding hydrogens is 434 g/mol. The number of alkyl halides is 3. The number of hydrogen-bond donors (Lipinski definition) is 1. The summed E-state index contributed by atoms with van der Waals surface area (Å²) in [6.45, 7) is -0.0999. The predicted octanol–water partition coefficient (Wildman–Crippen LogP) is 5.04. The van der Waals surface area contributed by atoms with Crippen LogP contribution in [0.15, 0.2) is 40.9 Å². The van der Waals surface area contributed by atoms with Gasteiger partial charge in [0, 0.05) is 19.2 Å². The Labute approximate surface area is 172 Å². The number of halogens is 5. The molecule has 0 bridgehead atoms. The molecule has 0 radical (unpaired) electrons. The molecule has 6 nitrogen and oxygen atoms in total. The smallest absolute Gasteiger partial charge is 0.416 e. The number of rotatable bonds is 4. The fourth-order valence-corrected chi connectivity index (χ4v) is 2.96. The van der Waals surface area contributed by atoms with Crippen LogP contribution in [0.2, 0.25) is 10.0 Å². The maximum Gasteiger partial charge on any atom is 0.416 e. The van der Waals surface area contributed by atoms with Gasteiger partial charge in [-0.15, -0.1) is 0 Å². The molecule has 0 aliphatic rings. The zero-order valence-corrected chi connectivity index (χ0v) is 16.2. The van der Waals surface area contributed by atoms with Crippen LogP contribution in [0.5, 0.6) is 5.75 Å². The number of carbonyl (C=O) groups is 1. The zero-order valence-electron chi connectivity index (χ0n) is 14.7. The number of hydrogen-bond acceptors (Lipinski definition) is 5. The third-order valence-corrected chi connectivity index (χ3v) is 4.48. The average molecular weight is 446 g/mol. The number of benzene rings is 2. The highest BCUT2D eigenvalue weighted by Crippen LogP contribution is 2.35. The number of nitrogens with zero attached hydrogens (tertiary/aromatic N) is 3. The molecule has 3 aromatic rings. The molecule has 0 saturated heterocycles. The topological polar surface area (TPSA) is 79.5 Å². The summed E-state index contributed by atoms with van der Waals surface area (Å²) < 4.78 is 43.4. The largest absolute Gasteiger partial charge is 0.505 e. The zero-order chi connectivity index (χ0) is 21.3. The van der Waals surface area contributed by atoms with Crippen molar-refractivity contribution in [3.05, 3.63) is 63.5 Å². The molecule has 0 unspecified atom stereocenters. The molecule has 3 rings (SSSR count). The second-order valence-corrected chi connectivity index (χ2v) is 6.89. The first-order valence-electron chi connectivity index (χ1n) is 8.00. The molecular formula is C18H12Cl2F3N3O3. The molecule has 0 fully saturated rings. The number of phenolic OH excluding ortho intramolecular Hbond substituents is 1. The maximum absolute atomic E-state index is 12.8. The molecule has 152 valence electrons. The van der Waals surface area contributed by atoms with Gasteiger partial charge in [0.2, 0.25) is 5.82 Å². The van der Waals surface area contributed by atoms with Gasteiger partial charge in [-0.3, -0.25) is 4.79 Å². The third-order valence-electron chi connectivity index (χ3n) is 3.90. The van der Waals surface area contributed by atoms with Gasteiger partial charge >= 0.3 is 18.0 Å². The van der Waals surface area contributed by atoms with Crippen molar-refractivity contribution in [2.45, 2.75) is 12.7 Å². The molecule has 1 N–H and O–H groups in total. The van der Waals surface area contributed by atoms with Gasteiger partial charge in [-0.25, -0.2) is 0 Å². The van der Waals surface area contributed by atoms with Gasteiger partial charge in [0.1, 0.15) is 0 Å². The second-order valence-electron chi connectivity index (χ2n) is 6.07. The van der Waals surface area contributed by atoms with Crippen molar-refractivity contribution < 1.29 is 27.6 Å². The Morgan fingerprint density at radius 1 is 1.21 bits per heavy atom. The Balaban J connectivity index is 1.78. The van der Waals surface area contributed by atoms with Gasteiger partial charge in [-0.2, -0.15) is 18.2 Å². The second kappa shape index (κ2) is 7.92. The molecule has 1 heterocycles. The Morgan fingerprint density at radius 3 is 2.48 bits per heavy atom. The number of aromatic nitrogens is 2. The Hall–Kier alpha value is -2.78. The normalized spacial score (nSPS) is 11.5. The first-order chi connectivity index (χ1) is 13.6. The summed E-state index contributed by atoms with van der Waals surface area (Å²) in [5.41, 5.74) is -0.217. The summed E-state index contributed by atoms with van der Waals surface area (Å²) >= 11 is 11.7. The lowest BCUT2D eigenvalue weighted by Gasteiger charge is -2.16. The summed E-state index contributed by atoms with van der Waals surface area (Å²) in [6.07, 6.45) is -4.48. The molecule has 29 heavy (non-hydrogen) atoms.